The molecule has 6 aliphatic heterocycles. The van der Waals surface area contributed by atoms with Crippen molar-refractivity contribution in [2.75, 3.05) is 28.4 Å². The molecule has 6 aromatic rings. The average Bonchev–Trinajstić information content (AvgIpc) is 3.85. The van der Waals surface area contributed by atoms with Crippen molar-refractivity contribution in [3.05, 3.63) is 106 Å². The molecule has 0 amide bonds. The summed E-state index contributed by atoms with van der Waals surface area (Å²) in [5, 5.41) is 3.79. The van der Waals surface area contributed by atoms with Crippen LogP contribution in [0.25, 0.3) is 21.5 Å². The number of amidine groups is 4. The second kappa shape index (κ2) is 8.11. The fourth-order valence-corrected chi connectivity index (χ4v) is 8.51. The number of methoxy groups -OCH3 is 4. The van der Waals surface area contributed by atoms with Crippen LogP contribution in [-0.4, -0.2) is 70.1 Å². The highest BCUT2D eigenvalue weighted by atomic mass is 16.5. The highest BCUT2D eigenvalue weighted by Crippen LogP contribution is 2.53. The van der Waals surface area contributed by atoms with Crippen molar-refractivity contribution in [3.8, 4) is 23.0 Å². The largest absolute Gasteiger partial charge is 0.497 e. The van der Waals surface area contributed by atoms with E-state index in [1.165, 1.54) is 0 Å². The molecule has 1 unspecified atom stereocenters. The molecule has 0 saturated carbocycles. The van der Waals surface area contributed by atoms with E-state index in [0.29, 0.717) is 0 Å². The molecule has 12 nitrogen and oxygen atoms in total. The van der Waals surface area contributed by atoms with Crippen LogP contribution in [0, 0.1) is 0 Å². The molecule has 49 heavy (non-hydrogen) atoms. The minimum Gasteiger partial charge on any atom is -0.497 e. The summed E-state index contributed by atoms with van der Waals surface area (Å²) in [6.45, 7) is 0. The maximum absolute atomic E-state index is 5.74. The van der Waals surface area contributed by atoms with Crippen molar-refractivity contribution in [1.29, 1.82) is 0 Å². The van der Waals surface area contributed by atoms with Crippen LogP contribution in [0.3, 0.4) is 0 Å². The summed E-state index contributed by atoms with van der Waals surface area (Å²) in [5.74, 6) is 6.48. The summed E-state index contributed by atoms with van der Waals surface area (Å²) in [7, 11) is 6.73. The van der Waals surface area contributed by atoms with Crippen molar-refractivity contribution >= 4 is 56.5 Å². The van der Waals surface area contributed by atoms with Gasteiger partial charge in [0.15, 0.2) is 0 Å². The van der Waals surface area contributed by atoms with Gasteiger partial charge in [-0.15, -0.1) is 9.15 Å². The Morgan fingerprint density at radius 2 is 0.980 bits per heavy atom. The first kappa shape index (κ1) is 25.5. The van der Waals surface area contributed by atoms with Crippen LogP contribution >= 0.6 is 0 Å². The molecule has 6 aliphatic rings. The molecular formula is C37H24N8O4+2. The number of aliphatic imine (C=N–C) groups is 2. The van der Waals surface area contributed by atoms with Gasteiger partial charge >= 0.3 is 5.91 Å². The van der Waals surface area contributed by atoms with E-state index in [9.17, 15) is 0 Å². The third-order valence-corrected chi connectivity index (χ3v) is 10.6. The summed E-state index contributed by atoms with van der Waals surface area (Å²) in [6.07, 6.45) is 0. The zero-order chi connectivity index (χ0) is 32.5. The number of rotatable bonds is 4. The second-order valence-electron chi connectivity index (χ2n) is 12.6. The van der Waals surface area contributed by atoms with E-state index in [4.69, 9.17) is 38.9 Å². The number of hydrogen-bond donors (Lipinski definition) is 0. The highest BCUT2D eigenvalue weighted by Gasteiger charge is 2.69. The number of ether oxygens (including phenoxy) is 4. The lowest BCUT2D eigenvalue weighted by atomic mass is 10.1. The SMILES string of the molecule is COc1ccc2c(c1)C1=Nc3c4ccc(OC)cc4c4n3C35n6c(c7ccc(OC)cc7c6=NC2=[N+]13)=NC1=[N+]5C(=N4)c2ccc(OC)cc21. The molecule has 0 aliphatic carbocycles. The number of benzene rings is 4. The summed E-state index contributed by atoms with van der Waals surface area (Å²) < 4.78 is 32.0. The maximum Gasteiger partial charge on any atom is 0.404 e. The Balaban J connectivity index is 1.37. The lowest BCUT2D eigenvalue weighted by molar-refractivity contribution is -0.790. The summed E-state index contributed by atoms with van der Waals surface area (Å²) in [6, 6.07) is 24.4. The van der Waals surface area contributed by atoms with E-state index in [1.807, 2.05) is 48.5 Å². The number of fused-ring (bicyclic) bond motifs is 12. The van der Waals surface area contributed by atoms with Crippen LogP contribution in [0.15, 0.2) is 92.8 Å². The zero-order valence-electron chi connectivity index (χ0n) is 26.6. The first-order valence-electron chi connectivity index (χ1n) is 15.9. The minimum atomic E-state index is -1.12. The number of aromatic nitrogens is 2. The Bertz CT molecular complexity index is 2940. The van der Waals surface area contributed by atoms with Gasteiger partial charge in [0, 0.05) is 10.8 Å². The van der Waals surface area contributed by atoms with E-state index in [2.05, 4.69) is 42.6 Å². The van der Waals surface area contributed by atoms with Gasteiger partial charge in [0.05, 0.1) is 61.5 Å². The van der Waals surface area contributed by atoms with E-state index in [0.717, 1.165) is 113 Å². The van der Waals surface area contributed by atoms with Gasteiger partial charge in [-0.05, 0) is 72.8 Å². The molecule has 0 N–H and O–H groups in total. The van der Waals surface area contributed by atoms with Crippen LogP contribution in [0.4, 0.5) is 11.6 Å². The van der Waals surface area contributed by atoms with E-state index in [-0.39, 0.29) is 0 Å². The maximum atomic E-state index is 5.74. The molecule has 1 atom stereocenters. The molecule has 4 aromatic carbocycles. The first-order chi connectivity index (χ1) is 24.1. The van der Waals surface area contributed by atoms with Crippen LogP contribution in [0.2, 0.25) is 0 Å². The monoisotopic (exact) mass is 644 g/mol. The lowest BCUT2D eigenvalue weighted by Gasteiger charge is -2.40. The van der Waals surface area contributed by atoms with Gasteiger partial charge < -0.3 is 18.9 Å². The lowest BCUT2D eigenvalue weighted by Crippen LogP contribution is -2.71. The topological polar surface area (TPSA) is 102 Å². The smallest absolute Gasteiger partial charge is 0.404 e. The Morgan fingerprint density at radius 1 is 0.469 bits per heavy atom. The van der Waals surface area contributed by atoms with Crippen LogP contribution < -0.4 is 29.9 Å². The molecule has 0 fully saturated rings. The second-order valence-corrected chi connectivity index (χ2v) is 12.6. The van der Waals surface area contributed by atoms with Crippen LogP contribution in [0.5, 0.6) is 23.0 Å². The van der Waals surface area contributed by atoms with Crippen LogP contribution in [-0.2, 0) is 5.91 Å². The first-order valence-corrected chi connectivity index (χ1v) is 15.9. The van der Waals surface area contributed by atoms with E-state index < -0.39 is 5.91 Å². The minimum absolute atomic E-state index is 0.739. The Hall–Kier alpha value is -6.56. The summed E-state index contributed by atoms with van der Waals surface area (Å²) >= 11 is 0. The molecule has 2 aromatic heterocycles. The van der Waals surface area contributed by atoms with Gasteiger partial charge in [-0.3, -0.25) is 0 Å². The Morgan fingerprint density at radius 3 is 1.67 bits per heavy atom. The summed E-state index contributed by atoms with van der Waals surface area (Å²) in [4.78, 5) is 21.9. The van der Waals surface area contributed by atoms with Gasteiger partial charge in [-0.2, -0.15) is 9.13 Å². The van der Waals surface area contributed by atoms with Crippen molar-refractivity contribution in [2.24, 2.45) is 20.0 Å². The predicted molar refractivity (Wildman–Crippen MR) is 180 cm³/mol. The number of nitrogens with zero attached hydrogens (tertiary/aromatic N) is 8. The molecule has 8 heterocycles. The zero-order valence-corrected chi connectivity index (χ0v) is 26.6. The van der Waals surface area contributed by atoms with E-state index >= 15 is 0 Å². The molecular weight excluding hydrogens is 620 g/mol. The average molecular weight is 645 g/mol. The van der Waals surface area contributed by atoms with Gasteiger partial charge in [-0.1, -0.05) is 20.0 Å². The molecule has 12 heteroatoms. The fourth-order valence-electron chi connectivity index (χ4n) is 8.51. The van der Waals surface area contributed by atoms with Crippen molar-refractivity contribution < 1.29 is 28.1 Å². The summed E-state index contributed by atoms with van der Waals surface area (Å²) in [5.41, 5.74) is 5.34. The quantitative estimate of drug-likeness (QED) is 0.273. The van der Waals surface area contributed by atoms with Crippen molar-refractivity contribution in [3.63, 3.8) is 0 Å². The molecule has 234 valence electrons. The fraction of sp³-hybridized carbons (Fsp3) is 0.135. The Kier molecular flexibility index (Phi) is 4.22. The highest BCUT2D eigenvalue weighted by molar-refractivity contribution is 6.20. The van der Waals surface area contributed by atoms with Gasteiger partial charge in [-0.25, -0.2) is 0 Å². The van der Waals surface area contributed by atoms with Gasteiger partial charge in [0.2, 0.25) is 22.6 Å². The normalized spacial score (nSPS) is 19.1. The Labute approximate surface area is 276 Å². The van der Waals surface area contributed by atoms with Crippen LogP contribution in [0.1, 0.15) is 22.3 Å². The van der Waals surface area contributed by atoms with Gasteiger partial charge in [0.1, 0.15) is 23.0 Å². The molecule has 1 spiro atoms. The molecule has 12 rings (SSSR count). The van der Waals surface area contributed by atoms with Gasteiger partial charge in [0.25, 0.3) is 23.3 Å². The van der Waals surface area contributed by atoms with Crippen molar-refractivity contribution in [2.45, 2.75) is 5.91 Å². The third-order valence-electron chi connectivity index (χ3n) is 10.6. The molecule has 0 radical (unpaired) electrons. The number of hydrogen-bond acceptors (Lipinski definition) is 8. The third kappa shape index (κ3) is 2.60. The molecule has 0 bridgehead atoms. The predicted octanol–water partition coefficient (Wildman–Crippen LogP) is 3.74. The molecule has 0 saturated heterocycles. The van der Waals surface area contributed by atoms with Crippen molar-refractivity contribution in [1.82, 2.24) is 9.13 Å². The van der Waals surface area contributed by atoms with E-state index in [1.54, 1.807) is 28.4 Å². The standard InChI is InChI=1S/C37H24N8O4/c1-46-17-5-9-21-25(13-17)33-38-30-22-10-6-18(47-2)14-26(22)35-40-32-24-12-8-20(49-4)16-28(24)36-41-31-23-11-7-19(48-3)15-27(23)34-39-29(21)42(33)37(43(30)35,44(31)34)45(32)36/h5-16H,1-4H3/q+2.